The third kappa shape index (κ3) is 6.11. The van der Waals surface area contributed by atoms with Crippen LogP contribution in [0.3, 0.4) is 0 Å². The van der Waals surface area contributed by atoms with Gasteiger partial charge in [-0.1, -0.05) is 45.1 Å². The number of rotatable bonds is 14. The van der Waals surface area contributed by atoms with E-state index in [0.717, 1.165) is 38.5 Å². The highest BCUT2D eigenvalue weighted by molar-refractivity contribution is 5.77. The molecule has 2 fully saturated rings. The predicted molar refractivity (Wildman–Crippen MR) is 126 cm³/mol. The Kier molecular flexibility index (Phi) is 7.69. The first-order chi connectivity index (χ1) is 14.3. The molecule has 0 spiro atoms. The van der Waals surface area contributed by atoms with E-state index in [4.69, 9.17) is 0 Å². The average molecular weight is 413 g/mol. The minimum Gasteiger partial charge on any atom is -0.481 e. The van der Waals surface area contributed by atoms with Crippen molar-refractivity contribution in [3.63, 3.8) is 0 Å². The van der Waals surface area contributed by atoms with Gasteiger partial charge in [-0.25, -0.2) is 0 Å². The SMILES string of the molecule is Cc1cc(CCCCCC2(C(=O)O)CC2)c(CCCCCCC2(C)CC2)c(C)c1C. The maximum atomic E-state index is 11.3. The smallest absolute Gasteiger partial charge is 0.309 e. The summed E-state index contributed by atoms with van der Waals surface area (Å²) in [5.74, 6) is -0.569. The van der Waals surface area contributed by atoms with Crippen LogP contribution in [0.2, 0.25) is 0 Å². The van der Waals surface area contributed by atoms with Crippen molar-refractivity contribution in [3.8, 4) is 0 Å². The van der Waals surface area contributed by atoms with E-state index in [0.29, 0.717) is 5.41 Å². The lowest BCUT2D eigenvalue weighted by molar-refractivity contribution is -0.143. The van der Waals surface area contributed by atoms with Crippen LogP contribution in [0.25, 0.3) is 0 Å². The Morgan fingerprint density at radius 1 is 0.833 bits per heavy atom. The summed E-state index contributed by atoms with van der Waals surface area (Å²) in [6, 6.07) is 2.44. The molecule has 0 atom stereocenters. The molecule has 2 nitrogen and oxygen atoms in total. The first-order valence-corrected chi connectivity index (χ1v) is 12.6. The fourth-order valence-corrected chi connectivity index (χ4v) is 5.14. The average Bonchev–Trinajstić information content (AvgIpc) is 3.62. The Bertz CT molecular complexity index is 737. The molecule has 168 valence electrons. The lowest BCUT2D eigenvalue weighted by Crippen LogP contribution is -2.14. The summed E-state index contributed by atoms with van der Waals surface area (Å²) in [4.78, 5) is 11.3. The Hall–Kier alpha value is -1.31. The van der Waals surface area contributed by atoms with Gasteiger partial charge in [-0.3, -0.25) is 4.79 Å². The number of hydrogen-bond donors (Lipinski definition) is 1. The molecule has 0 aromatic heterocycles. The summed E-state index contributed by atoms with van der Waals surface area (Å²) in [5.41, 5.74) is 7.93. The number of carbonyl (C=O) groups is 1. The topological polar surface area (TPSA) is 37.3 Å². The van der Waals surface area contributed by atoms with Crippen LogP contribution in [0.1, 0.15) is 118 Å². The van der Waals surface area contributed by atoms with Crippen molar-refractivity contribution in [2.24, 2.45) is 10.8 Å². The van der Waals surface area contributed by atoms with E-state index in [1.54, 1.807) is 11.1 Å². The first kappa shape index (κ1) is 23.4. The van der Waals surface area contributed by atoms with Crippen LogP contribution in [0.4, 0.5) is 0 Å². The van der Waals surface area contributed by atoms with Gasteiger partial charge in [0.15, 0.2) is 0 Å². The molecule has 0 saturated heterocycles. The zero-order chi connectivity index (χ0) is 21.8. The van der Waals surface area contributed by atoms with Gasteiger partial charge >= 0.3 is 5.97 Å². The second-order valence-electron chi connectivity index (χ2n) is 11.0. The molecule has 2 aliphatic carbocycles. The Balaban J connectivity index is 1.44. The summed E-state index contributed by atoms with van der Waals surface area (Å²) in [6.45, 7) is 9.29. The maximum Gasteiger partial charge on any atom is 0.309 e. The monoisotopic (exact) mass is 412 g/mol. The van der Waals surface area contributed by atoms with Gasteiger partial charge in [0.25, 0.3) is 0 Å². The first-order valence-electron chi connectivity index (χ1n) is 12.6. The van der Waals surface area contributed by atoms with Crippen LogP contribution < -0.4 is 0 Å². The highest BCUT2D eigenvalue weighted by Gasteiger charge is 2.49. The lowest BCUT2D eigenvalue weighted by atomic mass is 9.88. The van der Waals surface area contributed by atoms with Gasteiger partial charge in [0, 0.05) is 0 Å². The third-order valence-electron chi connectivity index (χ3n) is 8.35. The van der Waals surface area contributed by atoms with E-state index in [9.17, 15) is 9.90 Å². The van der Waals surface area contributed by atoms with Gasteiger partial charge in [-0.05, 0) is 118 Å². The molecule has 2 heteroatoms. The third-order valence-corrected chi connectivity index (χ3v) is 8.35. The van der Waals surface area contributed by atoms with Gasteiger partial charge in [-0.2, -0.15) is 0 Å². The normalized spacial score (nSPS) is 18.4. The maximum absolute atomic E-state index is 11.3. The second-order valence-corrected chi connectivity index (χ2v) is 11.0. The van der Waals surface area contributed by atoms with Gasteiger partial charge in [0.05, 0.1) is 5.41 Å². The van der Waals surface area contributed by atoms with E-state index in [2.05, 4.69) is 33.8 Å². The standard InChI is InChI=1S/C28H44O2/c1-21-20-24(12-8-7-11-15-28(18-19-28)26(29)30)25(23(3)22(21)2)13-9-5-6-10-14-27(4)16-17-27/h20H,5-19H2,1-4H3,(H,29,30). The lowest BCUT2D eigenvalue weighted by Gasteiger charge is -2.18. The number of aryl methyl sites for hydroxylation is 2. The van der Waals surface area contributed by atoms with Crippen molar-refractivity contribution in [3.05, 3.63) is 33.9 Å². The van der Waals surface area contributed by atoms with Crippen molar-refractivity contribution >= 4 is 5.97 Å². The minimum atomic E-state index is -0.569. The van der Waals surface area contributed by atoms with Crippen LogP contribution in [0, 0.1) is 31.6 Å². The van der Waals surface area contributed by atoms with E-state index >= 15 is 0 Å². The predicted octanol–water partition coefficient (Wildman–Crippen LogP) is 7.87. The molecule has 2 saturated carbocycles. The van der Waals surface area contributed by atoms with Crippen LogP contribution in [-0.2, 0) is 17.6 Å². The molecule has 3 rings (SSSR count). The number of carboxylic acids is 1. The molecule has 1 aromatic carbocycles. The summed E-state index contributed by atoms with van der Waals surface area (Å²) >= 11 is 0. The fraction of sp³-hybridized carbons (Fsp3) is 0.750. The van der Waals surface area contributed by atoms with E-state index in [-0.39, 0.29) is 5.41 Å². The molecule has 0 amide bonds. The molecule has 0 unspecified atom stereocenters. The van der Waals surface area contributed by atoms with Crippen LogP contribution in [-0.4, -0.2) is 11.1 Å². The molecular formula is C28H44O2. The molecule has 1 aromatic rings. The number of benzene rings is 1. The number of hydrogen-bond acceptors (Lipinski definition) is 1. The van der Waals surface area contributed by atoms with E-state index < -0.39 is 5.97 Å². The molecular weight excluding hydrogens is 368 g/mol. The van der Waals surface area contributed by atoms with Gasteiger partial charge in [0.1, 0.15) is 0 Å². The fourth-order valence-electron chi connectivity index (χ4n) is 5.14. The minimum absolute atomic E-state index is 0.348. The molecule has 1 N–H and O–H groups in total. The van der Waals surface area contributed by atoms with E-state index in [1.807, 2.05) is 0 Å². The van der Waals surface area contributed by atoms with Crippen molar-refractivity contribution in [2.45, 2.75) is 124 Å². The summed E-state index contributed by atoms with van der Waals surface area (Å²) in [7, 11) is 0. The van der Waals surface area contributed by atoms with Crippen LogP contribution in [0.5, 0.6) is 0 Å². The summed E-state index contributed by atoms with van der Waals surface area (Å²) in [5, 5.41) is 9.34. The number of aliphatic carboxylic acids is 1. The largest absolute Gasteiger partial charge is 0.481 e. The van der Waals surface area contributed by atoms with Crippen molar-refractivity contribution in [2.75, 3.05) is 0 Å². The Morgan fingerprint density at radius 2 is 1.43 bits per heavy atom. The van der Waals surface area contributed by atoms with Crippen LogP contribution >= 0.6 is 0 Å². The second kappa shape index (κ2) is 9.88. The summed E-state index contributed by atoms with van der Waals surface area (Å²) < 4.78 is 0. The molecule has 0 heterocycles. The Morgan fingerprint density at radius 3 is 2.07 bits per heavy atom. The Labute approximate surface area is 184 Å². The molecule has 0 aliphatic heterocycles. The summed E-state index contributed by atoms with van der Waals surface area (Å²) in [6.07, 6.45) is 18.2. The van der Waals surface area contributed by atoms with Crippen molar-refractivity contribution < 1.29 is 9.90 Å². The highest BCUT2D eigenvalue weighted by atomic mass is 16.4. The van der Waals surface area contributed by atoms with Crippen molar-refractivity contribution in [1.29, 1.82) is 0 Å². The van der Waals surface area contributed by atoms with Gasteiger partial charge in [-0.15, -0.1) is 0 Å². The molecule has 0 radical (unpaired) electrons. The highest BCUT2D eigenvalue weighted by Crippen LogP contribution is 2.50. The zero-order valence-electron chi connectivity index (χ0n) is 20.0. The molecule has 30 heavy (non-hydrogen) atoms. The number of unbranched alkanes of at least 4 members (excludes halogenated alkanes) is 5. The molecule has 2 aliphatic rings. The quantitative estimate of drug-likeness (QED) is 0.316. The van der Waals surface area contributed by atoms with Crippen molar-refractivity contribution in [1.82, 2.24) is 0 Å². The molecule has 0 bridgehead atoms. The van der Waals surface area contributed by atoms with Gasteiger partial charge < -0.3 is 5.11 Å². The van der Waals surface area contributed by atoms with Crippen LogP contribution in [0.15, 0.2) is 6.07 Å². The van der Waals surface area contributed by atoms with E-state index in [1.165, 1.54) is 74.5 Å². The van der Waals surface area contributed by atoms with Gasteiger partial charge in [0.2, 0.25) is 0 Å². The zero-order valence-corrected chi connectivity index (χ0v) is 20.0. The number of carboxylic acid groups (broad SMARTS) is 1.